The first-order valence-electron chi connectivity index (χ1n) is 12.0. The van der Waals surface area contributed by atoms with E-state index in [0.29, 0.717) is 57.0 Å². The molecule has 1 atom stereocenters. The van der Waals surface area contributed by atoms with Crippen molar-refractivity contribution in [2.45, 2.75) is 29.5 Å². The number of para-hydroxylation sites is 1. The first kappa shape index (κ1) is 26.4. The normalized spacial score (nSPS) is 17.1. The third-order valence-electron chi connectivity index (χ3n) is 6.41. The summed E-state index contributed by atoms with van der Waals surface area (Å²) in [5.41, 5.74) is 9.23. The third-order valence-corrected chi connectivity index (χ3v) is 8.45. The number of ketones is 1. The van der Waals surface area contributed by atoms with Crippen LogP contribution in [-0.2, 0) is 9.59 Å². The molecule has 5 rings (SSSR count). The van der Waals surface area contributed by atoms with Crippen molar-refractivity contribution in [1.29, 1.82) is 5.26 Å². The first-order chi connectivity index (χ1) is 18.9. The molecule has 2 heterocycles. The molecule has 0 saturated heterocycles. The summed E-state index contributed by atoms with van der Waals surface area (Å²) in [6, 6.07) is 15.0. The first-order valence-corrected chi connectivity index (χ1v) is 13.8. The van der Waals surface area contributed by atoms with Gasteiger partial charge >= 0.3 is 0 Å². The zero-order chi connectivity index (χ0) is 27.5. The van der Waals surface area contributed by atoms with Crippen molar-refractivity contribution in [2.24, 2.45) is 5.73 Å². The standard InChI is InChI=1S/C27H23FN6O3S2/c1-37-21-8-3-2-5-17(21)23-18(13-29)25(30)34(19-6-4-7-20(35)24(19)23)26-32-33-27(39-26)38-14-22(36)31-16-11-9-15(28)10-12-16/h2-3,5,8-12,23H,4,6-7,14,30H2,1H3,(H,31,36). The second-order valence-corrected chi connectivity index (χ2v) is 10.9. The number of thioether (sulfide) groups is 1. The van der Waals surface area contributed by atoms with Crippen LogP contribution < -0.4 is 20.7 Å². The smallest absolute Gasteiger partial charge is 0.234 e. The number of Topliss-reactive ketones (excluding diaryl/α,β-unsaturated/α-hetero) is 1. The summed E-state index contributed by atoms with van der Waals surface area (Å²) in [6.45, 7) is 0. The van der Waals surface area contributed by atoms with E-state index in [1.165, 1.54) is 47.4 Å². The average molecular weight is 563 g/mol. The number of nitriles is 1. The van der Waals surface area contributed by atoms with Gasteiger partial charge in [0.25, 0.3) is 0 Å². The van der Waals surface area contributed by atoms with Gasteiger partial charge < -0.3 is 15.8 Å². The number of nitrogens with two attached hydrogens (primary N) is 1. The van der Waals surface area contributed by atoms with E-state index in [2.05, 4.69) is 21.6 Å². The van der Waals surface area contributed by atoms with Gasteiger partial charge in [0.1, 0.15) is 17.4 Å². The molecule has 198 valence electrons. The zero-order valence-corrected chi connectivity index (χ0v) is 22.4. The number of hydrogen-bond donors (Lipinski definition) is 2. The van der Waals surface area contributed by atoms with Crippen LogP contribution in [0.5, 0.6) is 5.75 Å². The molecule has 0 fully saturated rings. The van der Waals surface area contributed by atoms with Crippen LogP contribution in [0.2, 0.25) is 0 Å². The van der Waals surface area contributed by atoms with Gasteiger partial charge in [0.05, 0.1) is 30.4 Å². The highest BCUT2D eigenvalue weighted by molar-refractivity contribution is 8.01. The van der Waals surface area contributed by atoms with Crippen LogP contribution in [-0.4, -0.2) is 34.8 Å². The number of methoxy groups -OCH3 is 1. The van der Waals surface area contributed by atoms with Gasteiger partial charge in [-0.15, -0.1) is 10.2 Å². The predicted molar refractivity (Wildman–Crippen MR) is 147 cm³/mol. The van der Waals surface area contributed by atoms with Crippen LogP contribution in [0, 0.1) is 17.1 Å². The molecular weight excluding hydrogens is 539 g/mol. The van der Waals surface area contributed by atoms with Gasteiger partial charge in [-0.05, 0) is 43.2 Å². The SMILES string of the molecule is COc1ccccc1C1C(C#N)=C(N)N(c2nnc(SCC(=O)Nc3ccc(F)cc3)s2)C2=C1C(=O)CCC2. The quantitative estimate of drug-likeness (QED) is 0.392. The van der Waals surface area contributed by atoms with E-state index in [4.69, 9.17) is 10.5 Å². The van der Waals surface area contributed by atoms with Crippen molar-refractivity contribution in [1.82, 2.24) is 10.2 Å². The van der Waals surface area contributed by atoms with Crippen LogP contribution in [0.4, 0.5) is 15.2 Å². The number of amides is 1. The van der Waals surface area contributed by atoms with Gasteiger partial charge in [0.15, 0.2) is 10.1 Å². The summed E-state index contributed by atoms with van der Waals surface area (Å²) in [6.07, 6.45) is 1.59. The van der Waals surface area contributed by atoms with Crippen LogP contribution in [0.3, 0.4) is 0 Å². The van der Waals surface area contributed by atoms with Crippen molar-refractivity contribution in [3.8, 4) is 11.8 Å². The Kier molecular flexibility index (Phi) is 7.63. The van der Waals surface area contributed by atoms with Gasteiger partial charge in [-0.1, -0.05) is 41.3 Å². The highest BCUT2D eigenvalue weighted by atomic mass is 32.2. The average Bonchev–Trinajstić information content (AvgIpc) is 3.41. The maximum atomic E-state index is 13.3. The molecule has 39 heavy (non-hydrogen) atoms. The van der Waals surface area contributed by atoms with Gasteiger partial charge in [-0.3, -0.25) is 14.5 Å². The lowest BCUT2D eigenvalue weighted by atomic mass is 9.75. The molecule has 1 aliphatic carbocycles. The summed E-state index contributed by atoms with van der Waals surface area (Å²) in [7, 11) is 1.55. The van der Waals surface area contributed by atoms with Gasteiger partial charge in [0.2, 0.25) is 11.0 Å². The minimum Gasteiger partial charge on any atom is -0.496 e. The van der Waals surface area contributed by atoms with Crippen LogP contribution in [0.1, 0.15) is 30.7 Å². The van der Waals surface area contributed by atoms with Crippen molar-refractivity contribution in [3.05, 3.63) is 82.6 Å². The Morgan fingerprint density at radius 3 is 2.77 bits per heavy atom. The van der Waals surface area contributed by atoms with E-state index in [-0.39, 0.29) is 34.7 Å². The Morgan fingerprint density at radius 1 is 1.26 bits per heavy atom. The van der Waals surface area contributed by atoms with Crippen molar-refractivity contribution < 1.29 is 18.7 Å². The topological polar surface area (TPSA) is 134 Å². The Morgan fingerprint density at radius 2 is 2.03 bits per heavy atom. The fourth-order valence-electron chi connectivity index (χ4n) is 4.73. The van der Waals surface area contributed by atoms with Crippen LogP contribution in [0.25, 0.3) is 0 Å². The molecule has 2 aromatic carbocycles. The number of carbonyl (C=O) groups excluding carboxylic acids is 2. The number of halogens is 1. The maximum absolute atomic E-state index is 13.3. The molecule has 0 spiro atoms. The summed E-state index contributed by atoms with van der Waals surface area (Å²) in [4.78, 5) is 27.3. The van der Waals surface area contributed by atoms with Crippen LogP contribution in [0.15, 0.2) is 75.5 Å². The number of nitrogens with one attached hydrogen (secondary N) is 1. The Hall–Kier alpha value is -4.21. The van der Waals surface area contributed by atoms with Crippen molar-refractivity contribution in [3.63, 3.8) is 0 Å². The van der Waals surface area contributed by atoms with E-state index >= 15 is 0 Å². The molecule has 2 aliphatic rings. The summed E-state index contributed by atoms with van der Waals surface area (Å²) in [5, 5.41) is 21.8. The third kappa shape index (κ3) is 5.23. The molecule has 3 N–H and O–H groups in total. The predicted octanol–water partition coefficient (Wildman–Crippen LogP) is 4.72. The number of ether oxygens (including phenoxy) is 1. The number of carbonyl (C=O) groups is 2. The van der Waals surface area contributed by atoms with Crippen molar-refractivity contribution >= 4 is 45.6 Å². The highest BCUT2D eigenvalue weighted by Crippen LogP contribution is 2.48. The number of rotatable bonds is 7. The molecule has 1 aliphatic heterocycles. The minimum absolute atomic E-state index is 0.0472. The Labute approximate surface area is 232 Å². The molecule has 1 unspecified atom stereocenters. The number of nitrogens with zero attached hydrogens (tertiary/aromatic N) is 4. The number of benzene rings is 2. The second-order valence-electron chi connectivity index (χ2n) is 8.75. The lowest BCUT2D eigenvalue weighted by Gasteiger charge is -2.38. The van der Waals surface area contributed by atoms with E-state index in [1.807, 2.05) is 18.2 Å². The van der Waals surface area contributed by atoms with Crippen molar-refractivity contribution in [2.75, 3.05) is 23.1 Å². The number of anilines is 2. The lowest BCUT2D eigenvalue weighted by Crippen LogP contribution is -2.38. The number of allylic oxidation sites excluding steroid dienone is 3. The van der Waals surface area contributed by atoms with Crippen LogP contribution >= 0.6 is 23.1 Å². The number of aromatic nitrogens is 2. The Balaban J connectivity index is 1.44. The van der Waals surface area contributed by atoms with Gasteiger partial charge in [-0.2, -0.15) is 5.26 Å². The number of hydrogen-bond acceptors (Lipinski definition) is 10. The van der Waals surface area contributed by atoms with Gasteiger partial charge in [0, 0.05) is 28.9 Å². The second kappa shape index (κ2) is 11.3. The molecule has 0 bridgehead atoms. The summed E-state index contributed by atoms with van der Waals surface area (Å²) < 4.78 is 19.2. The van der Waals surface area contributed by atoms with E-state index < -0.39 is 5.92 Å². The molecular formula is C27H23FN6O3S2. The van der Waals surface area contributed by atoms with E-state index in [9.17, 15) is 19.2 Å². The maximum Gasteiger partial charge on any atom is 0.234 e. The molecule has 1 amide bonds. The van der Waals surface area contributed by atoms with E-state index in [0.717, 1.165) is 0 Å². The Bertz CT molecular complexity index is 1540. The monoisotopic (exact) mass is 562 g/mol. The molecule has 0 saturated carbocycles. The lowest BCUT2D eigenvalue weighted by molar-refractivity contribution is -0.116. The fraction of sp³-hybridized carbons (Fsp3) is 0.222. The highest BCUT2D eigenvalue weighted by Gasteiger charge is 2.42. The zero-order valence-electron chi connectivity index (χ0n) is 20.8. The molecule has 12 heteroatoms. The molecule has 9 nitrogen and oxygen atoms in total. The van der Waals surface area contributed by atoms with Gasteiger partial charge in [-0.25, -0.2) is 4.39 Å². The molecule has 0 radical (unpaired) electrons. The molecule has 3 aromatic rings. The summed E-state index contributed by atoms with van der Waals surface area (Å²) in [5.74, 6) is -0.560. The minimum atomic E-state index is -0.651. The van der Waals surface area contributed by atoms with E-state index in [1.54, 1.807) is 18.1 Å². The molecule has 1 aromatic heterocycles. The largest absolute Gasteiger partial charge is 0.496 e. The fourth-order valence-corrected chi connectivity index (χ4v) is 6.41. The summed E-state index contributed by atoms with van der Waals surface area (Å²) >= 11 is 2.40.